The molecule has 4 rings (SSSR count). The van der Waals surface area contributed by atoms with E-state index in [1.165, 1.54) is 30.0 Å². The van der Waals surface area contributed by atoms with Crippen molar-refractivity contribution < 1.29 is 18.3 Å². The summed E-state index contributed by atoms with van der Waals surface area (Å²) < 4.78 is 27.6. The van der Waals surface area contributed by atoms with Gasteiger partial charge in [0.25, 0.3) is 10.0 Å². The summed E-state index contributed by atoms with van der Waals surface area (Å²) in [6, 6.07) is 17.7. The number of nitrogens with zero attached hydrogens (tertiary/aromatic N) is 3. The first-order valence-electron chi connectivity index (χ1n) is 10.6. The van der Waals surface area contributed by atoms with Crippen LogP contribution < -0.4 is 14.5 Å². The Balaban J connectivity index is 1.56. The molecular formula is C24H26N4O4S. The SMILES string of the molecule is Cc1cccc(N2CCN(c3ncc(NS(=O)(=O)c4ccccc4)cc3C(=O)O)C[C@@H]2C)c1. The molecule has 0 unspecified atom stereocenters. The summed E-state index contributed by atoms with van der Waals surface area (Å²) in [5.74, 6) is -0.826. The van der Waals surface area contributed by atoms with Crippen molar-refractivity contribution in [3.05, 3.63) is 78.0 Å². The van der Waals surface area contributed by atoms with Gasteiger partial charge in [0.15, 0.2) is 0 Å². The molecule has 1 saturated heterocycles. The molecule has 172 valence electrons. The van der Waals surface area contributed by atoms with Gasteiger partial charge < -0.3 is 14.9 Å². The Morgan fingerprint density at radius 3 is 2.52 bits per heavy atom. The number of rotatable bonds is 6. The molecule has 0 bridgehead atoms. The minimum absolute atomic E-state index is 0.0422. The van der Waals surface area contributed by atoms with Gasteiger partial charge in [0.1, 0.15) is 11.4 Å². The van der Waals surface area contributed by atoms with Gasteiger partial charge in [-0.3, -0.25) is 4.72 Å². The van der Waals surface area contributed by atoms with Crippen molar-refractivity contribution in [3.8, 4) is 0 Å². The van der Waals surface area contributed by atoms with Gasteiger partial charge in [-0.05, 0) is 49.7 Å². The molecule has 1 aliphatic heterocycles. The van der Waals surface area contributed by atoms with Crippen LogP contribution in [0.15, 0.2) is 71.8 Å². The van der Waals surface area contributed by atoms with E-state index in [9.17, 15) is 18.3 Å². The van der Waals surface area contributed by atoms with Crippen LogP contribution >= 0.6 is 0 Å². The number of pyridine rings is 1. The van der Waals surface area contributed by atoms with Gasteiger partial charge in [0.2, 0.25) is 0 Å². The van der Waals surface area contributed by atoms with E-state index in [4.69, 9.17) is 0 Å². The molecule has 0 radical (unpaired) electrons. The summed E-state index contributed by atoms with van der Waals surface area (Å²) in [6.07, 6.45) is 1.36. The van der Waals surface area contributed by atoms with E-state index in [-0.39, 0.29) is 22.2 Å². The molecule has 33 heavy (non-hydrogen) atoms. The number of aromatic carboxylic acids is 1. The van der Waals surface area contributed by atoms with Crippen molar-refractivity contribution in [2.75, 3.05) is 34.2 Å². The maximum atomic E-state index is 12.6. The first-order chi connectivity index (χ1) is 15.7. The minimum Gasteiger partial charge on any atom is -0.478 e. The van der Waals surface area contributed by atoms with Gasteiger partial charge in [-0.2, -0.15) is 0 Å². The van der Waals surface area contributed by atoms with Crippen molar-refractivity contribution in [2.45, 2.75) is 24.8 Å². The fourth-order valence-corrected chi connectivity index (χ4v) is 5.13. The Labute approximate surface area is 193 Å². The predicted molar refractivity (Wildman–Crippen MR) is 129 cm³/mol. The Hall–Kier alpha value is -3.59. The van der Waals surface area contributed by atoms with Crippen molar-refractivity contribution in [3.63, 3.8) is 0 Å². The third-order valence-corrected chi connectivity index (χ3v) is 7.06. The molecular weight excluding hydrogens is 440 g/mol. The second-order valence-corrected chi connectivity index (χ2v) is 9.83. The molecule has 0 aliphatic carbocycles. The Kier molecular flexibility index (Phi) is 6.24. The summed E-state index contributed by atoms with van der Waals surface area (Å²) in [5, 5.41) is 9.81. The Morgan fingerprint density at radius 2 is 1.85 bits per heavy atom. The summed E-state index contributed by atoms with van der Waals surface area (Å²) in [5.41, 5.74) is 2.38. The van der Waals surface area contributed by atoms with Gasteiger partial charge in [-0.25, -0.2) is 18.2 Å². The van der Waals surface area contributed by atoms with E-state index in [0.717, 1.165) is 5.69 Å². The molecule has 0 spiro atoms. The number of anilines is 3. The third kappa shape index (κ3) is 4.93. The molecule has 8 nitrogen and oxygen atoms in total. The average molecular weight is 467 g/mol. The lowest BCUT2D eigenvalue weighted by molar-refractivity contribution is 0.0697. The van der Waals surface area contributed by atoms with Crippen LogP contribution in [0.1, 0.15) is 22.8 Å². The number of hydrogen-bond acceptors (Lipinski definition) is 6. The number of carboxylic acid groups (broad SMARTS) is 1. The van der Waals surface area contributed by atoms with Crippen LogP contribution in [0.5, 0.6) is 0 Å². The van der Waals surface area contributed by atoms with Crippen molar-refractivity contribution >= 4 is 33.2 Å². The van der Waals surface area contributed by atoms with Gasteiger partial charge in [0.05, 0.1) is 16.8 Å². The fraction of sp³-hybridized carbons (Fsp3) is 0.250. The van der Waals surface area contributed by atoms with Gasteiger partial charge in [-0.1, -0.05) is 30.3 Å². The van der Waals surface area contributed by atoms with Crippen LogP contribution in [0.2, 0.25) is 0 Å². The summed E-state index contributed by atoms with van der Waals surface area (Å²) in [7, 11) is -3.85. The monoisotopic (exact) mass is 466 g/mol. The number of benzene rings is 2. The number of hydrogen-bond donors (Lipinski definition) is 2. The average Bonchev–Trinajstić information content (AvgIpc) is 2.79. The molecule has 1 atom stereocenters. The van der Waals surface area contributed by atoms with E-state index in [1.807, 2.05) is 11.0 Å². The predicted octanol–water partition coefficient (Wildman–Crippen LogP) is 3.60. The number of carbonyl (C=O) groups is 1. The zero-order valence-electron chi connectivity index (χ0n) is 18.5. The molecule has 0 saturated carbocycles. The van der Waals surface area contributed by atoms with Crippen LogP contribution in [-0.4, -0.2) is 50.2 Å². The number of carboxylic acids is 1. The van der Waals surface area contributed by atoms with Crippen molar-refractivity contribution in [2.24, 2.45) is 0 Å². The van der Waals surface area contributed by atoms with Crippen LogP contribution in [0.3, 0.4) is 0 Å². The van der Waals surface area contributed by atoms with Crippen molar-refractivity contribution in [1.82, 2.24) is 4.98 Å². The second-order valence-electron chi connectivity index (χ2n) is 8.15. The zero-order valence-corrected chi connectivity index (χ0v) is 19.3. The zero-order chi connectivity index (χ0) is 23.6. The number of aryl methyl sites for hydroxylation is 1. The van der Waals surface area contributed by atoms with E-state index in [2.05, 4.69) is 46.7 Å². The molecule has 3 aromatic rings. The highest BCUT2D eigenvalue weighted by Crippen LogP contribution is 2.28. The lowest BCUT2D eigenvalue weighted by atomic mass is 10.1. The first kappa shape index (κ1) is 22.6. The first-order valence-corrected chi connectivity index (χ1v) is 12.1. The number of nitrogens with one attached hydrogen (secondary N) is 1. The third-order valence-electron chi connectivity index (χ3n) is 5.66. The van der Waals surface area contributed by atoms with E-state index in [1.54, 1.807) is 18.2 Å². The normalized spacial score (nSPS) is 16.5. The topological polar surface area (TPSA) is 103 Å². The Morgan fingerprint density at radius 1 is 1.09 bits per heavy atom. The maximum absolute atomic E-state index is 12.6. The number of aromatic nitrogens is 1. The van der Waals surface area contributed by atoms with Crippen LogP contribution in [0.25, 0.3) is 0 Å². The molecule has 2 aromatic carbocycles. The van der Waals surface area contributed by atoms with Gasteiger partial charge in [0, 0.05) is 31.4 Å². The van der Waals surface area contributed by atoms with E-state index >= 15 is 0 Å². The van der Waals surface area contributed by atoms with Gasteiger partial charge in [-0.15, -0.1) is 0 Å². The summed E-state index contributed by atoms with van der Waals surface area (Å²) >= 11 is 0. The minimum atomic E-state index is -3.85. The summed E-state index contributed by atoms with van der Waals surface area (Å²) in [4.78, 5) is 20.7. The number of piperazine rings is 1. The molecule has 1 fully saturated rings. The fourth-order valence-electron chi connectivity index (χ4n) is 4.08. The molecule has 9 heteroatoms. The molecule has 2 N–H and O–H groups in total. The quantitative estimate of drug-likeness (QED) is 0.572. The molecule has 1 aliphatic rings. The largest absolute Gasteiger partial charge is 0.478 e. The van der Waals surface area contributed by atoms with E-state index < -0.39 is 16.0 Å². The highest BCUT2D eigenvalue weighted by atomic mass is 32.2. The highest BCUT2D eigenvalue weighted by Gasteiger charge is 2.28. The summed E-state index contributed by atoms with van der Waals surface area (Å²) in [6.45, 7) is 6.06. The van der Waals surface area contributed by atoms with E-state index in [0.29, 0.717) is 25.5 Å². The van der Waals surface area contributed by atoms with Gasteiger partial charge >= 0.3 is 5.97 Å². The lowest BCUT2D eigenvalue weighted by Crippen LogP contribution is -2.52. The van der Waals surface area contributed by atoms with Crippen LogP contribution in [0, 0.1) is 6.92 Å². The maximum Gasteiger partial charge on any atom is 0.339 e. The van der Waals surface area contributed by atoms with Crippen LogP contribution in [0.4, 0.5) is 17.2 Å². The second kappa shape index (κ2) is 9.11. The Bertz CT molecular complexity index is 1260. The smallest absolute Gasteiger partial charge is 0.339 e. The highest BCUT2D eigenvalue weighted by molar-refractivity contribution is 7.92. The number of sulfonamides is 1. The van der Waals surface area contributed by atoms with Crippen molar-refractivity contribution in [1.29, 1.82) is 0 Å². The van der Waals surface area contributed by atoms with Crippen LogP contribution in [-0.2, 0) is 10.0 Å². The molecule has 2 heterocycles. The lowest BCUT2D eigenvalue weighted by Gasteiger charge is -2.42. The molecule has 0 amide bonds. The molecule has 1 aromatic heterocycles. The standard InChI is InChI=1S/C24H26N4O4S/c1-17-7-6-8-20(13-17)28-12-11-27(16-18(28)2)23-22(24(29)30)14-19(15-25-23)26-33(31,32)21-9-4-3-5-10-21/h3-10,13-15,18,26H,11-12,16H2,1-2H3,(H,29,30)/t18-/m0/s1.